The van der Waals surface area contributed by atoms with Crippen LogP contribution in [0.15, 0.2) is 36.8 Å². The first-order valence-electron chi connectivity index (χ1n) is 10.8. The van der Waals surface area contributed by atoms with Gasteiger partial charge in [-0.05, 0) is 44.7 Å². The number of amides is 1. The van der Waals surface area contributed by atoms with Crippen molar-refractivity contribution in [1.29, 1.82) is 0 Å². The fourth-order valence-corrected chi connectivity index (χ4v) is 4.30. The Bertz CT molecular complexity index is 1150. The highest BCUT2D eigenvalue weighted by Crippen LogP contribution is 2.41. The summed E-state index contributed by atoms with van der Waals surface area (Å²) in [5.41, 5.74) is 3.37. The zero-order valence-electron chi connectivity index (χ0n) is 18.4. The van der Waals surface area contributed by atoms with Crippen LogP contribution in [0, 0.1) is 0 Å². The molecule has 9 heteroatoms. The summed E-state index contributed by atoms with van der Waals surface area (Å²) in [4.78, 5) is 17.5. The quantitative estimate of drug-likeness (QED) is 0.632. The molecule has 0 aliphatic carbocycles. The number of nitrogens with zero attached hydrogens (tertiary/aromatic N) is 3. The first-order chi connectivity index (χ1) is 15.4. The van der Waals surface area contributed by atoms with Crippen molar-refractivity contribution in [3.8, 4) is 5.75 Å². The normalized spacial score (nSPS) is 21.8. The summed E-state index contributed by atoms with van der Waals surface area (Å²) in [7, 11) is 1.86. The molecule has 1 fully saturated rings. The number of aromatic nitrogens is 3. The molecule has 5 rings (SSSR count). The minimum Gasteiger partial charge on any atom is -0.487 e. The summed E-state index contributed by atoms with van der Waals surface area (Å²) in [5, 5.41) is 10.4. The number of ether oxygens (including phenoxy) is 3. The van der Waals surface area contributed by atoms with Crippen LogP contribution >= 0.6 is 0 Å². The molecule has 1 aromatic carbocycles. The van der Waals surface area contributed by atoms with Gasteiger partial charge in [0.1, 0.15) is 16.9 Å². The van der Waals surface area contributed by atoms with Crippen molar-refractivity contribution in [1.82, 2.24) is 19.9 Å². The standard InChI is InChI=1S/C23H27N5O4/c1-23(2)9-14-7-18(27-22(29)17-10-26-28-6-4-5-25-21(17)28)16(8-19(14)32-23)15-12-30-20(11-24-3)31-13-15/h4-8,10,15,20,24H,9,11-13H2,1-3H3,(H,27,29)/t15-,20+. The van der Waals surface area contributed by atoms with Crippen LogP contribution in [-0.2, 0) is 15.9 Å². The molecule has 2 aliphatic heterocycles. The molecule has 0 spiro atoms. The summed E-state index contributed by atoms with van der Waals surface area (Å²) < 4.78 is 19.5. The largest absolute Gasteiger partial charge is 0.487 e. The number of rotatable bonds is 5. The molecule has 3 aromatic rings. The second kappa shape index (κ2) is 8.16. The molecule has 0 unspecified atom stereocenters. The van der Waals surface area contributed by atoms with Crippen molar-refractivity contribution in [2.75, 3.05) is 32.1 Å². The lowest BCUT2D eigenvalue weighted by atomic mass is 9.94. The second-order valence-electron chi connectivity index (χ2n) is 8.84. The third-order valence-corrected chi connectivity index (χ3v) is 5.78. The van der Waals surface area contributed by atoms with E-state index in [1.165, 1.54) is 6.20 Å². The van der Waals surface area contributed by atoms with Crippen LogP contribution in [0.2, 0.25) is 0 Å². The molecule has 1 amide bonds. The van der Waals surface area contributed by atoms with Crippen molar-refractivity contribution in [2.24, 2.45) is 0 Å². The first kappa shape index (κ1) is 20.9. The van der Waals surface area contributed by atoms with Gasteiger partial charge in [0.25, 0.3) is 5.91 Å². The number of anilines is 1. The van der Waals surface area contributed by atoms with Crippen molar-refractivity contribution in [3.05, 3.63) is 53.5 Å². The average Bonchev–Trinajstić information content (AvgIpc) is 3.33. The smallest absolute Gasteiger partial charge is 0.261 e. The van der Waals surface area contributed by atoms with Gasteiger partial charge in [-0.2, -0.15) is 5.10 Å². The molecule has 2 aromatic heterocycles. The molecule has 4 heterocycles. The number of nitrogens with one attached hydrogen (secondary N) is 2. The Kier molecular flexibility index (Phi) is 5.32. The van der Waals surface area contributed by atoms with E-state index in [1.54, 1.807) is 23.0 Å². The lowest BCUT2D eigenvalue weighted by molar-refractivity contribution is -0.183. The lowest BCUT2D eigenvalue weighted by Crippen LogP contribution is -2.37. The molecular formula is C23H27N5O4. The molecule has 0 saturated carbocycles. The fourth-order valence-electron chi connectivity index (χ4n) is 4.30. The van der Waals surface area contributed by atoms with Crippen LogP contribution in [0.25, 0.3) is 5.65 Å². The van der Waals surface area contributed by atoms with Gasteiger partial charge in [0.05, 0.1) is 19.4 Å². The van der Waals surface area contributed by atoms with Crippen LogP contribution in [0.4, 0.5) is 5.69 Å². The van der Waals surface area contributed by atoms with Gasteiger partial charge in [-0.25, -0.2) is 9.50 Å². The second-order valence-corrected chi connectivity index (χ2v) is 8.84. The van der Waals surface area contributed by atoms with E-state index in [1.807, 2.05) is 19.2 Å². The SMILES string of the molecule is CNC[C@H]1OC[C@@H](c2cc3c(cc2NC(=O)c2cnn4cccnc24)CC(C)(C)O3)CO1. The van der Waals surface area contributed by atoms with E-state index in [9.17, 15) is 4.79 Å². The zero-order chi connectivity index (χ0) is 22.3. The van der Waals surface area contributed by atoms with Crippen LogP contribution in [0.1, 0.15) is 41.3 Å². The van der Waals surface area contributed by atoms with Crippen molar-refractivity contribution < 1.29 is 19.0 Å². The number of likely N-dealkylation sites (N-methyl/N-ethyl adjacent to an activating group) is 1. The van der Waals surface area contributed by atoms with E-state index in [4.69, 9.17) is 14.2 Å². The van der Waals surface area contributed by atoms with Gasteiger partial charge < -0.3 is 24.8 Å². The van der Waals surface area contributed by atoms with Gasteiger partial charge in [0, 0.05) is 42.5 Å². The number of hydrogen-bond acceptors (Lipinski definition) is 7. The molecule has 168 valence electrons. The third-order valence-electron chi connectivity index (χ3n) is 5.78. The maximum Gasteiger partial charge on any atom is 0.261 e. The van der Waals surface area contributed by atoms with E-state index < -0.39 is 0 Å². The molecule has 32 heavy (non-hydrogen) atoms. The van der Waals surface area contributed by atoms with Gasteiger partial charge in [-0.1, -0.05) is 0 Å². The van der Waals surface area contributed by atoms with E-state index in [2.05, 4.69) is 34.6 Å². The maximum absolute atomic E-state index is 13.2. The molecule has 0 radical (unpaired) electrons. The number of benzene rings is 1. The summed E-state index contributed by atoms with van der Waals surface area (Å²) in [6.07, 6.45) is 5.44. The summed E-state index contributed by atoms with van der Waals surface area (Å²) in [6.45, 7) is 5.74. The number of fused-ring (bicyclic) bond motifs is 2. The van der Waals surface area contributed by atoms with Crippen LogP contribution in [0.5, 0.6) is 5.75 Å². The van der Waals surface area contributed by atoms with Crippen molar-refractivity contribution in [2.45, 2.75) is 38.1 Å². The van der Waals surface area contributed by atoms with Crippen LogP contribution in [-0.4, -0.2) is 59.2 Å². The van der Waals surface area contributed by atoms with Crippen molar-refractivity contribution in [3.63, 3.8) is 0 Å². The highest BCUT2D eigenvalue weighted by Gasteiger charge is 2.33. The zero-order valence-corrected chi connectivity index (χ0v) is 18.4. The summed E-state index contributed by atoms with van der Waals surface area (Å²) >= 11 is 0. The number of hydrogen-bond donors (Lipinski definition) is 2. The van der Waals surface area contributed by atoms with E-state index in [0.29, 0.717) is 31.0 Å². The average molecular weight is 438 g/mol. The highest BCUT2D eigenvalue weighted by atomic mass is 16.7. The van der Waals surface area contributed by atoms with Gasteiger partial charge in [0.15, 0.2) is 11.9 Å². The molecule has 0 atom stereocenters. The Balaban J connectivity index is 1.46. The predicted molar refractivity (Wildman–Crippen MR) is 118 cm³/mol. The third kappa shape index (κ3) is 3.94. The Labute approximate surface area is 186 Å². The van der Waals surface area contributed by atoms with Gasteiger partial charge >= 0.3 is 0 Å². The number of carbonyl (C=O) groups is 1. The highest BCUT2D eigenvalue weighted by molar-refractivity contribution is 6.08. The van der Waals surface area contributed by atoms with Crippen LogP contribution < -0.4 is 15.4 Å². The lowest BCUT2D eigenvalue weighted by Gasteiger charge is -2.30. The van der Waals surface area contributed by atoms with E-state index in [0.717, 1.165) is 29.0 Å². The monoisotopic (exact) mass is 437 g/mol. The Morgan fingerprint density at radius 1 is 1.28 bits per heavy atom. The molecule has 2 N–H and O–H groups in total. The predicted octanol–water partition coefficient (Wildman–Crippen LogP) is 2.37. The van der Waals surface area contributed by atoms with Gasteiger partial charge in [-0.3, -0.25) is 4.79 Å². The fraction of sp³-hybridized carbons (Fsp3) is 0.435. The minimum atomic E-state index is -0.286. The summed E-state index contributed by atoms with van der Waals surface area (Å²) in [5.74, 6) is 0.555. The molecule has 9 nitrogen and oxygen atoms in total. The van der Waals surface area contributed by atoms with E-state index >= 15 is 0 Å². The van der Waals surface area contributed by atoms with Gasteiger partial charge in [-0.15, -0.1) is 0 Å². The van der Waals surface area contributed by atoms with Crippen LogP contribution in [0.3, 0.4) is 0 Å². The topological polar surface area (TPSA) is 99.0 Å². The van der Waals surface area contributed by atoms with Gasteiger partial charge in [0.2, 0.25) is 0 Å². The first-order valence-corrected chi connectivity index (χ1v) is 10.8. The number of carbonyl (C=O) groups excluding carboxylic acids is 1. The van der Waals surface area contributed by atoms with E-state index in [-0.39, 0.29) is 23.7 Å². The molecular weight excluding hydrogens is 410 g/mol. The Hall–Kier alpha value is -3.01. The minimum absolute atomic E-state index is 0.0296. The van der Waals surface area contributed by atoms with Crippen molar-refractivity contribution >= 4 is 17.2 Å². The molecule has 1 saturated heterocycles. The molecule has 2 aliphatic rings. The summed E-state index contributed by atoms with van der Waals surface area (Å²) in [6, 6.07) is 5.80. The maximum atomic E-state index is 13.2. The Morgan fingerprint density at radius 3 is 2.88 bits per heavy atom. The Morgan fingerprint density at radius 2 is 2.09 bits per heavy atom. The molecule has 0 bridgehead atoms.